The highest BCUT2D eigenvalue weighted by Crippen LogP contribution is 2.27. The van der Waals surface area contributed by atoms with Gasteiger partial charge in [-0.15, -0.1) is 0 Å². The molecule has 0 atom stereocenters. The minimum absolute atomic E-state index is 0.291. The zero-order chi connectivity index (χ0) is 16.1. The lowest BCUT2D eigenvalue weighted by Gasteiger charge is -2.10. The molecule has 1 aromatic heterocycles. The maximum absolute atomic E-state index is 5.87. The van der Waals surface area contributed by atoms with E-state index in [0.717, 1.165) is 11.5 Å². The van der Waals surface area contributed by atoms with E-state index in [0.29, 0.717) is 24.2 Å². The van der Waals surface area contributed by atoms with Crippen molar-refractivity contribution < 1.29 is 13.9 Å². The molecule has 1 heterocycles. The molecule has 3 aromatic rings. The topological polar surface area (TPSA) is 44.5 Å². The molecule has 0 amide bonds. The van der Waals surface area contributed by atoms with Crippen LogP contribution in [0.25, 0.3) is 0 Å². The average Bonchev–Trinajstić information content (AvgIpc) is 3.07. The highest BCUT2D eigenvalue weighted by Gasteiger charge is 2.04. The van der Waals surface area contributed by atoms with E-state index < -0.39 is 0 Å². The van der Waals surface area contributed by atoms with E-state index in [1.54, 1.807) is 6.20 Å². The molecule has 4 heteroatoms. The Balaban J connectivity index is 1.64. The molecule has 3 rings (SSSR count). The summed E-state index contributed by atoms with van der Waals surface area (Å²) in [6.07, 6.45) is 3.12. The number of ether oxygens (including phenoxy) is 2. The number of rotatable bonds is 6. The first kappa shape index (κ1) is 15.2. The number of hydrogen-bond donors (Lipinski definition) is 0. The van der Waals surface area contributed by atoms with Gasteiger partial charge in [-0.2, -0.15) is 0 Å². The summed E-state index contributed by atoms with van der Waals surface area (Å²) in [6, 6.07) is 15.6. The molecular weight excluding hydrogens is 290 g/mol. The molecule has 0 radical (unpaired) electrons. The van der Waals surface area contributed by atoms with E-state index in [4.69, 9.17) is 13.9 Å². The Morgan fingerprint density at radius 2 is 1.78 bits per heavy atom. The third-order valence-electron chi connectivity index (χ3n) is 3.43. The monoisotopic (exact) mass is 309 g/mol. The van der Waals surface area contributed by atoms with E-state index in [1.807, 2.05) is 36.4 Å². The molecule has 0 aliphatic rings. The molecule has 0 aliphatic carbocycles. The summed E-state index contributed by atoms with van der Waals surface area (Å²) in [6.45, 7) is 4.63. The first-order chi connectivity index (χ1) is 11.2. The predicted molar refractivity (Wildman–Crippen MR) is 87.9 cm³/mol. The molecule has 118 valence electrons. The minimum atomic E-state index is 0.291. The maximum Gasteiger partial charge on any atom is 0.232 e. The van der Waals surface area contributed by atoms with Crippen molar-refractivity contribution in [2.45, 2.75) is 26.4 Å². The second kappa shape index (κ2) is 7.01. The average molecular weight is 309 g/mol. The summed E-state index contributed by atoms with van der Waals surface area (Å²) in [5.74, 6) is 3.29. The fourth-order valence-electron chi connectivity index (χ4n) is 2.15. The van der Waals surface area contributed by atoms with Crippen LogP contribution in [0, 0.1) is 0 Å². The molecule has 0 saturated heterocycles. The van der Waals surface area contributed by atoms with Crippen LogP contribution in [-0.2, 0) is 6.61 Å². The fourth-order valence-corrected chi connectivity index (χ4v) is 2.15. The smallest absolute Gasteiger partial charge is 0.232 e. The van der Waals surface area contributed by atoms with Gasteiger partial charge in [0.05, 0.1) is 6.20 Å². The molecule has 0 fully saturated rings. The molecule has 0 spiro atoms. The predicted octanol–water partition coefficient (Wildman–Crippen LogP) is 5.17. The number of hydrogen-bond acceptors (Lipinski definition) is 4. The van der Waals surface area contributed by atoms with Crippen LogP contribution in [0.3, 0.4) is 0 Å². The molecule has 23 heavy (non-hydrogen) atoms. The molecule has 4 nitrogen and oxygen atoms in total. The van der Waals surface area contributed by atoms with Crippen LogP contribution < -0.4 is 9.47 Å². The standard InChI is InChI=1S/C19H19NO3/c1-14(2)15-6-8-16(9-7-15)23-18-5-3-4-17(12-18)22-13-19-20-10-11-21-19/h3-12,14H,13H2,1-2H3. The zero-order valence-corrected chi connectivity index (χ0v) is 13.2. The van der Waals surface area contributed by atoms with Gasteiger partial charge in [-0.3, -0.25) is 0 Å². The zero-order valence-electron chi connectivity index (χ0n) is 13.2. The van der Waals surface area contributed by atoms with Gasteiger partial charge in [0.25, 0.3) is 0 Å². The summed E-state index contributed by atoms with van der Waals surface area (Å²) >= 11 is 0. The van der Waals surface area contributed by atoms with Crippen LogP contribution in [-0.4, -0.2) is 4.98 Å². The highest BCUT2D eigenvalue weighted by molar-refractivity contribution is 5.38. The maximum atomic E-state index is 5.87. The Kier molecular flexibility index (Phi) is 4.62. The van der Waals surface area contributed by atoms with Crippen molar-refractivity contribution in [3.63, 3.8) is 0 Å². The molecule has 0 saturated carbocycles. The van der Waals surface area contributed by atoms with Gasteiger partial charge in [-0.25, -0.2) is 4.98 Å². The number of benzene rings is 2. The summed E-state index contributed by atoms with van der Waals surface area (Å²) in [7, 11) is 0. The lowest BCUT2D eigenvalue weighted by Crippen LogP contribution is -1.95. The van der Waals surface area contributed by atoms with Crippen molar-refractivity contribution in [3.8, 4) is 17.2 Å². The number of aromatic nitrogens is 1. The second-order valence-corrected chi connectivity index (χ2v) is 5.52. The van der Waals surface area contributed by atoms with E-state index in [9.17, 15) is 0 Å². The quantitative estimate of drug-likeness (QED) is 0.630. The van der Waals surface area contributed by atoms with Gasteiger partial charge >= 0.3 is 0 Å². The van der Waals surface area contributed by atoms with Gasteiger partial charge in [0.15, 0.2) is 6.61 Å². The summed E-state index contributed by atoms with van der Waals surface area (Å²) in [5.41, 5.74) is 1.29. The lowest BCUT2D eigenvalue weighted by molar-refractivity contribution is 0.262. The lowest BCUT2D eigenvalue weighted by atomic mass is 10.0. The van der Waals surface area contributed by atoms with E-state index >= 15 is 0 Å². The van der Waals surface area contributed by atoms with Gasteiger partial charge in [0, 0.05) is 6.07 Å². The van der Waals surface area contributed by atoms with Crippen LogP contribution in [0.4, 0.5) is 0 Å². The molecule has 0 aliphatic heterocycles. The second-order valence-electron chi connectivity index (χ2n) is 5.52. The van der Waals surface area contributed by atoms with Crippen molar-refractivity contribution in [3.05, 3.63) is 72.4 Å². The Labute approximate surface area is 135 Å². The van der Waals surface area contributed by atoms with Gasteiger partial charge in [0.2, 0.25) is 5.89 Å². The highest BCUT2D eigenvalue weighted by atomic mass is 16.5. The first-order valence-corrected chi connectivity index (χ1v) is 7.60. The van der Waals surface area contributed by atoms with Crippen molar-refractivity contribution in [2.75, 3.05) is 0 Å². The molecule has 0 N–H and O–H groups in total. The Morgan fingerprint density at radius 3 is 2.48 bits per heavy atom. The van der Waals surface area contributed by atoms with Gasteiger partial charge in [-0.05, 0) is 35.7 Å². The van der Waals surface area contributed by atoms with E-state index in [1.165, 1.54) is 11.8 Å². The van der Waals surface area contributed by atoms with Crippen LogP contribution in [0.5, 0.6) is 17.2 Å². The van der Waals surface area contributed by atoms with Crippen LogP contribution in [0.1, 0.15) is 31.2 Å². The SMILES string of the molecule is CC(C)c1ccc(Oc2cccc(OCc3ncco3)c2)cc1. The molecule has 0 bridgehead atoms. The van der Waals surface area contributed by atoms with Crippen molar-refractivity contribution in [1.82, 2.24) is 4.98 Å². The Morgan fingerprint density at radius 1 is 1.00 bits per heavy atom. The molecule has 2 aromatic carbocycles. The van der Waals surface area contributed by atoms with Gasteiger partial charge < -0.3 is 13.9 Å². The molecule has 0 unspecified atom stereocenters. The normalized spacial score (nSPS) is 10.7. The van der Waals surface area contributed by atoms with Gasteiger partial charge in [-0.1, -0.05) is 32.0 Å². The number of nitrogens with zero attached hydrogens (tertiary/aromatic N) is 1. The van der Waals surface area contributed by atoms with Crippen molar-refractivity contribution in [2.24, 2.45) is 0 Å². The Hall–Kier alpha value is -2.75. The molecular formula is C19H19NO3. The van der Waals surface area contributed by atoms with Crippen LogP contribution in [0.2, 0.25) is 0 Å². The Bertz CT molecular complexity index is 734. The largest absolute Gasteiger partial charge is 0.484 e. The van der Waals surface area contributed by atoms with E-state index in [-0.39, 0.29) is 0 Å². The van der Waals surface area contributed by atoms with Crippen molar-refractivity contribution in [1.29, 1.82) is 0 Å². The van der Waals surface area contributed by atoms with E-state index in [2.05, 4.69) is 31.0 Å². The third kappa shape index (κ3) is 4.13. The fraction of sp³-hybridized carbons (Fsp3) is 0.211. The number of oxazole rings is 1. The summed E-state index contributed by atoms with van der Waals surface area (Å²) in [5, 5.41) is 0. The van der Waals surface area contributed by atoms with Crippen molar-refractivity contribution >= 4 is 0 Å². The van der Waals surface area contributed by atoms with Crippen LogP contribution in [0.15, 0.2) is 65.4 Å². The third-order valence-corrected chi connectivity index (χ3v) is 3.43. The first-order valence-electron chi connectivity index (χ1n) is 7.60. The van der Waals surface area contributed by atoms with Gasteiger partial charge in [0.1, 0.15) is 23.5 Å². The summed E-state index contributed by atoms with van der Waals surface area (Å²) in [4.78, 5) is 4.02. The summed E-state index contributed by atoms with van der Waals surface area (Å²) < 4.78 is 16.7. The minimum Gasteiger partial charge on any atom is -0.484 e. The van der Waals surface area contributed by atoms with Crippen LogP contribution >= 0.6 is 0 Å².